The van der Waals surface area contributed by atoms with Crippen LogP contribution in [-0.2, 0) is 14.3 Å². The molecule has 0 radical (unpaired) electrons. The summed E-state index contributed by atoms with van der Waals surface area (Å²) >= 11 is 0. The van der Waals surface area contributed by atoms with Crippen LogP contribution in [0.3, 0.4) is 0 Å². The van der Waals surface area contributed by atoms with E-state index in [0.717, 1.165) is 35.1 Å². The second-order valence-corrected chi connectivity index (χ2v) is 9.82. The van der Waals surface area contributed by atoms with Gasteiger partial charge in [-0.3, -0.25) is 4.79 Å². The monoisotopic (exact) mass is 462 g/mol. The molecule has 2 bridgehead atoms. The number of nitrogens with one attached hydrogen (secondary N) is 1. The molecule has 34 heavy (non-hydrogen) atoms. The van der Waals surface area contributed by atoms with E-state index in [1.54, 1.807) is 18.7 Å². The van der Waals surface area contributed by atoms with E-state index in [1.807, 2.05) is 24.3 Å². The number of carboxylic acid groups (broad SMARTS) is 1. The molecule has 3 aliphatic rings. The van der Waals surface area contributed by atoms with Crippen LogP contribution in [0.4, 0.5) is 4.79 Å². The molecule has 2 saturated heterocycles. The summed E-state index contributed by atoms with van der Waals surface area (Å²) in [5, 5.41) is 12.6. The van der Waals surface area contributed by atoms with Crippen molar-refractivity contribution in [3.8, 4) is 11.1 Å². The van der Waals surface area contributed by atoms with Gasteiger partial charge in [0.1, 0.15) is 12.1 Å². The first-order valence-corrected chi connectivity index (χ1v) is 12.0. The van der Waals surface area contributed by atoms with Gasteiger partial charge in [0.05, 0.1) is 5.92 Å². The molecule has 7 nitrogen and oxygen atoms in total. The van der Waals surface area contributed by atoms with Crippen LogP contribution in [0.1, 0.15) is 56.6 Å². The van der Waals surface area contributed by atoms with Gasteiger partial charge in [-0.2, -0.15) is 0 Å². The van der Waals surface area contributed by atoms with Crippen LogP contribution in [0.15, 0.2) is 48.5 Å². The Balaban J connectivity index is 1.22. The second-order valence-electron chi connectivity index (χ2n) is 9.82. The van der Waals surface area contributed by atoms with Gasteiger partial charge < -0.3 is 20.1 Å². The summed E-state index contributed by atoms with van der Waals surface area (Å²) in [5.41, 5.74) is 3.51. The summed E-state index contributed by atoms with van der Waals surface area (Å²) in [5.74, 6) is -1.74. The number of carbonyl (C=O) groups excluding carboxylic acids is 2. The molecule has 5 rings (SSSR count). The first-order chi connectivity index (χ1) is 16.3. The number of carboxylic acids is 1. The number of nitrogens with zero attached hydrogens (tertiary/aromatic N) is 1. The van der Waals surface area contributed by atoms with Gasteiger partial charge in [-0.05, 0) is 54.9 Å². The molecule has 0 spiro atoms. The third-order valence-electron chi connectivity index (χ3n) is 8.07. The Kier molecular flexibility index (Phi) is 5.58. The van der Waals surface area contributed by atoms with Crippen molar-refractivity contribution in [2.24, 2.45) is 5.92 Å². The maximum absolute atomic E-state index is 13.3. The quantitative estimate of drug-likeness (QED) is 0.672. The zero-order valence-corrected chi connectivity index (χ0v) is 19.5. The van der Waals surface area contributed by atoms with E-state index in [1.165, 1.54) is 0 Å². The van der Waals surface area contributed by atoms with Crippen LogP contribution >= 0.6 is 0 Å². The van der Waals surface area contributed by atoms with Gasteiger partial charge in [-0.25, -0.2) is 9.59 Å². The number of hydrogen-bond donors (Lipinski definition) is 2. The minimum absolute atomic E-state index is 0.0206. The maximum atomic E-state index is 13.3. The van der Waals surface area contributed by atoms with Gasteiger partial charge in [0, 0.05) is 18.0 Å². The number of carbonyl (C=O) groups is 3. The molecule has 0 aromatic heterocycles. The van der Waals surface area contributed by atoms with Crippen LogP contribution in [0.25, 0.3) is 11.1 Å². The molecular weight excluding hydrogens is 432 g/mol. The van der Waals surface area contributed by atoms with Crippen molar-refractivity contribution < 1.29 is 24.2 Å². The number of hydrogen-bond acceptors (Lipinski definition) is 4. The minimum atomic E-state index is -1.08. The van der Waals surface area contributed by atoms with Gasteiger partial charge in [-0.15, -0.1) is 0 Å². The van der Waals surface area contributed by atoms with E-state index in [4.69, 9.17) is 4.74 Å². The third-order valence-corrected chi connectivity index (χ3v) is 8.07. The molecule has 2 atom stereocenters. The first kappa shape index (κ1) is 22.4. The lowest BCUT2D eigenvalue weighted by Crippen LogP contribution is -2.55. The van der Waals surface area contributed by atoms with Gasteiger partial charge in [0.15, 0.2) is 0 Å². The van der Waals surface area contributed by atoms with Crippen LogP contribution in [-0.4, -0.2) is 52.2 Å². The molecule has 2 aliphatic heterocycles. The molecule has 2 aromatic carbocycles. The smallest absolute Gasteiger partial charge is 0.407 e. The lowest BCUT2D eigenvalue weighted by molar-refractivity contribution is -0.157. The van der Waals surface area contributed by atoms with Crippen LogP contribution in [0.5, 0.6) is 0 Å². The molecule has 1 aliphatic carbocycles. The Morgan fingerprint density at radius 2 is 1.59 bits per heavy atom. The van der Waals surface area contributed by atoms with Gasteiger partial charge in [0.2, 0.25) is 5.91 Å². The summed E-state index contributed by atoms with van der Waals surface area (Å²) in [6.07, 6.45) is 1.86. The van der Waals surface area contributed by atoms with Crippen molar-refractivity contribution in [3.05, 3.63) is 59.7 Å². The zero-order chi connectivity index (χ0) is 24.0. The van der Waals surface area contributed by atoms with Crippen molar-refractivity contribution >= 4 is 18.0 Å². The van der Waals surface area contributed by atoms with Crippen molar-refractivity contribution in [2.45, 2.75) is 63.1 Å². The average Bonchev–Trinajstić information content (AvgIpc) is 3.50. The standard InChI is InChI=1S/C27H30N2O5/c1-16(24(30)29-18-11-13-27(29,14-12-18)25(31)32)17(2)28-26(33)34-15-23-21-9-5-3-7-19(21)20-8-4-6-10-22(20)23/h3-10,16-18,23H,11-15H2,1-2H3,(H,28,33)(H,31,32). The van der Waals surface area contributed by atoms with E-state index in [0.29, 0.717) is 12.8 Å². The van der Waals surface area contributed by atoms with E-state index in [-0.39, 0.29) is 24.5 Å². The fourth-order valence-electron chi connectivity index (χ4n) is 6.02. The molecule has 178 valence electrons. The Morgan fingerprint density at radius 1 is 1.03 bits per heavy atom. The largest absolute Gasteiger partial charge is 0.479 e. The van der Waals surface area contributed by atoms with Crippen LogP contribution in [0, 0.1) is 5.92 Å². The van der Waals surface area contributed by atoms with E-state index < -0.39 is 29.6 Å². The van der Waals surface area contributed by atoms with Crippen molar-refractivity contribution in [1.29, 1.82) is 0 Å². The highest BCUT2D eigenvalue weighted by Crippen LogP contribution is 2.47. The Labute approximate surface area is 199 Å². The number of ether oxygens (including phenoxy) is 1. The predicted octanol–water partition coefficient (Wildman–Crippen LogP) is 4.16. The van der Waals surface area contributed by atoms with Crippen molar-refractivity contribution in [2.75, 3.05) is 6.61 Å². The fourth-order valence-corrected chi connectivity index (χ4v) is 6.02. The molecular formula is C27H30N2O5. The Morgan fingerprint density at radius 3 is 2.15 bits per heavy atom. The molecule has 2 aromatic rings. The molecule has 2 unspecified atom stereocenters. The number of aliphatic carboxylic acids is 1. The molecule has 2 amide bonds. The molecule has 7 heteroatoms. The van der Waals surface area contributed by atoms with E-state index in [9.17, 15) is 19.5 Å². The van der Waals surface area contributed by atoms with Crippen molar-refractivity contribution in [1.82, 2.24) is 10.2 Å². The normalized spacial score (nSPS) is 24.3. The van der Waals surface area contributed by atoms with Gasteiger partial charge in [-0.1, -0.05) is 55.5 Å². The minimum Gasteiger partial charge on any atom is -0.479 e. The number of amides is 2. The lowest BCUT2D eigenvalue weighted by Gasteiger charge is -2.34. The summed E-state index contributed by atoms with van der Waals surface area (Å²) in [4.78, 5) is 39.4. The fraction of sp³-hybridized carbons (Fsp3) is 0.444. The zero-order valence-electron chi connectivity index (χ0n) is 19.5. The highest BCUT2D eigenvalue weighted by molar-refractivity contribution is 5.90. The number of alkyl carbamates (subject to hydrolysis) is 1. The third kappa shape index (κ3) is 3.45. The summed E-state index contributed by atoms with van der Waals surface area (Å²) in [7, 11) is 0. The summed E-state index contributed by atoms with van der Waals surface area (Å²) < 4.78 is 5.61. The number of rotatable bonds is 6. The Bertz CT molecular complexity index is 1090. The van der Waals surface area contributed by atoms with Gasteiger partial charge in [0.25, 0.3) is 0 Å². The maximum Gasteiger partial charge on any atom is 0.407 e. The highest BCUT2D eigenvalue weighted by atomic mass is 16.5. The topological polar surface area (TPSA) is 95.9 Å². The second kappa shape index (κ2) is 8.46. The Hall–Kier alpha value is -3.35. The van der Waals surface area contributed by atoms with Gasteiger partial charge >= 0.3 is 12.1 Å². The molecule has 2 N–H and O–H groups in total. The molecule has 2 heterocycles. The SMILES string of the molecule is CC(NC(=O)OCC1c2ccccc2-c2ccccc21)C(C)C(=O)N1C2CCC1(C(=O)O)CC2. The summed E-state index contributed by atoms with van der Waals surface area (Å²) in [6.45, 7) is 3.70. The average molecular weight is 463 g/mol. The highest BCUT2D eigenvalue weighted by Gasteiger charge is 2.59. The molecule has 0 saturated carbocycles. The summed E-state index contributed by atoms with van der Waals surface area (Å²) in [6, 6.07) is 15.8. The van der Waals surface area contributed by atoms with E-state index in [2.05, 4.69) is 29.6 Å². The molecule has 2 fully saturated rings. The van der Waals surface area contributed by atoms with E-state index >= 15 is 0 Å². The van der Waals surface area contributed by atoms with Crippen LogP contribution in [0.2, 0.25) is 0 Å². The number of fused-ring (bicyclic) bond motifs is 5. The van der Waals surface area contributed by atoms with Crippen LogP contribution < -0.4 is 5.32 Å². The predicted molar refractivity (Wildman–Crippen MR) is 126 cm³/mol. The van der Waals surface area contributed by atoms with Crippen molar-refractivity contribution in [3.63, 3.8) is 0 Å². The number of benzene rings is 2. The first-order valence-electron chi connectivity index (χ1n) is 12.0. The lowest BCUT2D eigenvalue weighted by atomic mass is 9.87.